The van der Waals surface area contributed by atoms with Crippen LogP contribution in [-0.4, -0.2) is 5.11 Å². The molecule has 3 rings (SSSR count). The number of aliphatic hydroxyl groups excluding tert-OH is 1. The Balaban J connectivity index is 1.92. The Morgan fingerprint density at radius 1 is 1.10 bits per heavy atom. The van der Waals surface area contributed by atoms with Gasteiger partial charge in [0.05, 0.1) is 17.6 Å². The summed E-state index contributed by atoms with van der Waals surface area (Å²) in [6.07, 6.45) is 1.47. The van der Waals surface area contributed by atoms with Gasteiger partial charge in [0.25, 0.3) is 0 Å². The van der Waals surface area contributed by atoms with Crippen LogP contribution in [0.15, 0.2) is 48.5 Å². The van der Waals surface area contributed by atoms with E-state index >= 15 is 0 Å². The van der Waals surface area contributed by atoms with Crippen LogP contribution < -0.4 is 0 Å². The van der Waals surface area contributed by atoms with E-state index in [2.05, 4.69) is 25.1 Å². The summed E-state index contributed by atoms with van der Waals surface area (Å²) in [5.41, 5.74) is 3.71. The summed E-state index contributed by atoms with van der Waals surface area (Å²) in [7, 11) is 0. The van der Waals surface area contributed by atoms with Crippen molar-refractivity contribution in [3.8, 4) is 6.07 Å². The summed E-state index contributed by atoms with van der Waals surface area (Å²) in [6, 6.07) is 18.5. The van der Waals surface area contributed by atoms with Gasteiger partial charge in [0.1, 0.15) is 0 Å². The van der Waals surface area contributed by atoms with Gasteiger partial charge in [-0.2, -0.15) is 5.26 Å². The average molecular weight is 277 g/mol. The Hall–Kier alpha value is -2.11. The molecule has 1 N–H and O–H groups in total. The fourth-order valence-corrected chi connectivity index (χ4v) is 3.23. The summed E-state index contributed by atoms with van der Waals surface area (Å²) in [6.45, 7) is 2.11. The molecule has 21 heavy (non-hydrogen) atoms. The fourth-order valence-electron chi connectivity index (χ4n) is 3.23. The van der Waals surface area contributed by atoms with Gasteiger partial charge in [-0.05, 0) is 41.5 Å². The van der Waals surface area contributed by atoms with Crippen LogP contribution in [0.1, 0.15) is 35.3 Å². The minimum absolute atomic E-state index is 0.621. The van der Waals surface area contributed by atoms with Gasteiger partial charge in [0.2, 0.25) is 0 Å². The molecular weight excluding hydrogens is 258 g/mol. The van der Waals surface area contributed by atoms with E-state index in [0.717, 1.165) is 12.0 Å². The van der Waals surface area contributed by atoms with Gasteiger partial charge in [0, 0.05) is 0 Å². The first kappa shape index (κ1) is 13.9. The largest absolute Gasteiger partial charge is 0.387 e. The van der Waals surface area contributed by atoms with Crippen molar-refractivity contribution in [2.45, 2.75) is 32.3 Å². The summed E-state index contributed by atoms with van der Waals surface area (Å²) >= 11 is 0. The standard InChI is InChI=1S/C19H19NO/c1-2-14-7-9-15(10-8-14)18(21)19(13-20)11-16-5-3-4-6-17(16)12-19/h3-10,18,21H,2,11-12H2,1H3. The monoisotopic (exact) mass is 277 g/mol. The Kier molecular flexibility index (Phi) is 3.53. The van der Waals surface area contributed by atoms with Crippen LogP contribution in [0.5, 0.6) is 0 Å². The van der Waals surface area contributed by atoms with Gasteiger partial charge in [-0.3, -0.25) is 0 Å². The second-order valence-electron chi connectivity index (χ2n) is 5.89. The molecule has 0 saturated carbocycles. The third-order valence-electron chi connectivity index (χ3n) is 4.58. The van der Waals surface area contributed by atoms with Gasteiger partial charge in [-0.25, -0.2) is 0 Å². The maximum atomic E-state index is 10.8. The van der Waals surface area contributed by atoms with Gasteiger partial charge < -0.3 is 5.11 Å². The highest BCUT2D eigenvalue weighted by Gasteiger charge is 2.44. The van der Waals surface area contributed by atoms with Crippen molar-refractivity contribution >= 4 is 0 Å². The Labute approximate surface area is 125 Å². The van der Waals surface area contributed by atoms with Crippen molar-refractivity contribution in [2.24, 2.45) is 5.41 Å². The first-order valence-corrected chi connectivity index (χ1v) is 7.43. The van der Waals surface area contributed by atoms with E-state index in [0.29, 0.717) is 12.8 Å². The molecule has 1 unspecified atom stereocenters. The van der Waals surface area contributed by atoms with E-state index in [1.165, 1.54) is 16.7 Å². The smallest absolute Gasteiger partial charge is 0.0982 e. The van der Waals surface area contributed by atoms with Crippen molar-refractivity contribution in [1.82, 2.24) is 0 Å². The number of hydrogen-bond acceptors (Lipinski definition) is 2. The fraction of sp³-hybridized carbons (Fsp3) is 0.316. The summed E-state index contributed by atoms with van der Waals surface area (Å²) in [5, 5.41) is 20.5. The van der Waals surface area contributed by atoms with Crippen molar-refractivity contribution in [3.63, 3.8) is 0 Å². The molecule has 1 aliphatic rings. The summed E-state index contributed by atoms with van der Waals surface area (Å²) in [4.78, 5) is 0. The highest BCUT2D eigenvalue weighted by atomic mass is 16.3. The molecule has 2 aromatic carbocycles. The van der Waals surface area contributed by atoms with Gasteiger partial charge in [-0.1, -0.05) is 55.5 Å². The molecule has 2 nitrogen and oxygen atoms in total. The number of rotatable bonds is 3. The minimum Gasteiger partial charge on any atom is -0.387 e. The highest BCUT2D eigenvalue weighted by molar-refractivity contribution is 5.40. The first-order valence-electron chi connectivity index (χ1n) is 7.43. The normalized spacial score (nSPS) is 17.0. The number of nitriles is 1. The average Bonchev–Trinajstić information content (AvgIpc) is 2.94. The van der Waals surface area contributed by atoms with Crippen LogP contribution in [0.4, 0.5) is 0 Å². The highest BCUT2D eigenvalue weighted by Crippen LogP contribution is 2.45. The molecule has 0 bridgehead atoms. The van der Waals surface area contributed by atoms with Gasteiger partial charge in [-0.15, -0.1) is 0 Å². The molecule has 106 valence electrons. The number of benzene rings is 2. The second kappa shape index (κ2) is 5.35. The lowest BCUT2D eigenvalue weighted by atomic mass is 9.77. The lowest BCUT2D eigenvalue weighted by Crippen LogP contribution is -2.28. The Morgan fingerprint density at radius 2 is 1.67 bits per heavy atom. The van der Waals surface area contributed by atoms with Crippen LogP contribution in [0.2, 0.25) is 0 Å². The van der Waals surface area contributed by atoms with Crippen LogP contribution in [0.25, 0.3) is 0 Å². The van der Waals surface area contributed by atoms with E-state index in [1.807, 2.05) is 36.4 Å². The maximum Gasteiger partial charge on any atom is 0.0982 e. The maximum absolute atomic E-state index is 10.8. The predicted octanol–water partition coefficient (Wildman–Crippen LogP) is 3.59. The minimum atomic E-state index is -0.749. The van der Waals surface area contributed by atoms with Crippen molar-refractivity contribution in [2.75, 3.05) is 0 Å². The SMILES string of the molecule is CCc1ccc(C(O)C2(C#N)Cc3ccccc3C2)cc1. The van der Waals surface area contributed by atoms with Crippen molar-refractivity contribution < 1.29 is 5.11 Å². The number of hydrogen-bond donors (Lipinski definition) is 1. The van der Waals surface area contributed by atoms with Gasteiger partial charge in [0.15, 0.2) is 0 Å². The molecule has 0 aliphatic heterocycles. The van der Waals surface area contributed by atoms with E-state index in [1.54, 1.807) is 0 Å². The third-order valence-corrected chi connectivity index (χ3v) is 4.58. The summed E-state index contributed by atoms with van der Waals surface area (Å²) in [5.74, 6) is 0. The molecule has 0 heterocycles. The summed E-state index contributed by atoms with van der Waals surface area (Å²) < 4.78 is 0. The number of nitrogens with zero attached hydrogens (tertiary/aromatic N) is 1. The molecule has 0 radical (unpaired) electrons. The van der Waals surface area contributed by atoms with Crippen molar-refractivity contribution in [3.05, 3.63) is 70.8 Å². The number of aryl methyl sites for hydroxylation is 1. The molecule has 0 spiro atoms. The van der Waals surface area contributed by atoms with Crippen LogP contribution in [0.3, 0.4) is 0 Å². The lowest BCUT2D eigenvalue weighted by molar-refractivity contribution is 0.0693. The van der Waals surface area contributed by atoms with E-state index < -0.39 is 11.5 Å². The molecule has 1 aliphatic carbocycles. The molecular formula is C19H19NO. The van der Waals surface area contributed by atoms with E-state index in [4.69, 9.17) is 0 Å². The topological polar surface area (TPSA) is 44.0 Å². The number of fused-ring (bicyclic) bond motifs is 1. The zero-order valence-electron chi connectivity index (χ0n) is 12.2. The number of aliphatic hydroxyl groups is 1. The van der Waals surface area contributed by atoms with Crippen molar-refractivity contribution in [1.29, 1.82) is 5.26 Å². The molecule has 0 amide bonds. The van der Waals surface area contributed by atoms with Crippen LogP contribution >= 0.6 is 0 Å². The molecule has 0 fully saturated rings. The molecule has 0 saturated heterocycles. The molecule has 1 atom stereocenters. The first-order chi connectivity index (χ1) is 10.2. The third kappa shape index (κ3) is 2.34. The van der Waals surface area contributed by atoms with Crippen LogP contribution in [0, 0.1) is 16.7 Å². The Bertz CT molecular complexity index is 656. The van der Waals surface area contributed by atoms with E-state index in [-0.39, 0.29) is 0 Å². The molecule has 0 aromatic heterocycles. The van der Waals surface area contributed by atoms with E-state index in [9.17, 15) is 10.4 Å². The molecule has 2 heteroatoms. The second-order valence-corrected chi connectivity index (χ2v) is 5.89. The van der Waals surface area contributed by atoms with Gasteiger partial charge >= 0.3 is 0 Å². The molecule has 2 aromatic rings. The predicted molar refractivity (Wildman–Crippen MR) is 82.7 cm³/mol. The lowest BCUT2D eigenvalue weighted by Gasteiger charge is -2.27. The quantitative estimate of drug-likeness (QED) is 0.931. The Morgan fingerprint density at radius 3 is 2.14 bits per heavy atom. The van der Waals surface area contributed by atoms with Crippen LogP contribution in [-0.2, 0) is 19.3 Å². The zero-order valence-corrected chi connectivity index (χ0v) is 12.2. The zero-order chi connectivity index (χ0) is 14.9.